The van der Waals surface area contributed by atoms with Crippen LogP contribution in [0.2, 0.25) is 0 Å². The Labute approximate surface area is 156 Å². The van der Waals surface area contributed by atoms with Crippen LogP contribution in [0.1, 0.15) is 42.9 Å². The lowest BCUT2D eigenvalue weighted by atomic mass is 9.78. The van der Waals surface area contributed by atoms with Gasteiger partial charge >= 0.3 is 5.97 Å². The summed E-state index contributed by atoms with van der Waals surface area (Å²) in [5.41, 5.74) is 1.20. The van der Waals surface area contributed by atoms with Gasteiger partial charge in [0, 0.05) is 19.0 Å². The number of carbonyl (C=O) groups excluding carboxylic acids is 2. The van der Waals surface area contributed by atoms with E-state index in [0.717, 1.165) is 30.5 Å². The molecule has 1 fully saturated rings. The van der Waals surface area contributed by atoms with Crippen LogP contribution in [0.25, 0.3) is 0 Å². The van der Waals surface area contributed by atoms with Crippen LogP contribution in [0, 0.1) is 0 Å². The van der Waals surface area contributed by atoms with E-state index in [0.29, 0.717) is 23.8 Å². The molecule has 0 radical (unpaired) electrons. The number of allylic oxidation sites excluding steroid dienone is 1. The van der Waals surface area contributed by atoms with Crippen LogP contribution in [0.15, 0.2) is 24.0 Å². The summed E-state index contributed by atoms with van der Waals surface area (Å²) in [5.74, 6) is 0.862. The minimum atomic E-state index is -0.459. The molecule has 0 aromatic heterocycles. The van der Waals surface area contributed by atoms with Crippen molar-refractivity contribution in [1.29, 1.82) is 0 Å². The molecule has 0 N–H and O–H groups in total. The van der Waals surface area contributed by atoms with Gasteiger partial charge in [-0.1, -0.05) is 0 Å². The van der Waals surface area contributed by atoms with Crippen LogP contribution in [-0.2, 0) is 19.1 Å². The molecule has 3 heterocycles. The Bertz CT molecular complexity index is 877. The van der Waals surface area contributed by atoms with Gasteiger partial charge in [-0.3, -0.25) is 14.5 Å². The molecule has 0 unspecified atom stereocenters. The molecule has 7 heteroatoms. The minimum Gasteiger partial charge on any atom is -0.493 e. The number of hydrogen-bond acceptors (Lipinski definition) is 7. The van der Waals surface area contributed by atoms with Gasteiger partial charge < -0.3 is 18.9 Å². The van der Waals surface area contributed by atoms with E-state index in [2.05, 4.69) is 4.90 Å². The van der Waals surface area contributed by atoms with Crippen molar-refractivity contribution in [2.75, 3.05) is 27.0 Å². The smallest absolute Gasteiger partial charge is 0.303 e. The van der Waals surface area contributed by atoms with Gasteiger partial charge in [0.1, 0.15) is 6.10 Å². The Morgan fingerprint density at radius 2 is 2.00 bits per heavy atom. The molecule has 0 saturated carbocycles. The molecule has 1 aromatic carbocycles. The SMILES string of the molecule is COC1=C[C@]23CCCN2C[C@H](OC(C)=O)c2cc4c(cc2[C@@H]3C1=O)OCO4. The van der Waals surface area contributed by atoms with Gasteiger partial charge in [-0.05, 0) is 43.2 Å². The van der Waals surface area contributed by atoms with Crippen molar-refractivity contribution in [2.45, 2.75) is 37.3 Å². The molecule has 27 heavy (non-hydrogen) atoms. The van der Waals surface area contributed by atoms with Gasteiger partial charge in [-0.2, -0.15) is 0 Å². The molecule has 1 spiro atoms. The largest absolute Gasteiger partial charge is 0.493 e. The van der Waals surface area contributed by atoms with E-state index in [4.69, 9.17) is 18.9 Å². The number of ether oxygens (including phenoxy) is 4. The normalized spacial score (nSPS) is 30.9. The van der Waals surface area contributed by atoms with E-state index in [9.17, 15) is 9.59 Å². The standard InChI is InChI=1S/C20H21NO6/c1-11(22)27-17-9-21-5-3-4-20(21)8-16(24-2)19(23)18(20)13-7-15-14(6-12(13)17)25-10-26-15/h6-8,17-18H,3-5,9-10H2,1-2H3/t17-,18+,20-/m0/s1. The van der Waals surface area contributed by atoms with E-state index in [1.165, 1.54) is 14.0 Å². The molecule has 142 valence electrons. The molecule has 1 saturated heterocycles. The van der Waals surface area contributed by atoms with Gasteiger partial charge in [-0.15, -0.1) is 0 Å². The number of ketones is 1. The highest BCUT2D eigenvalue weighted by molar-refractivity contribution is 6.04. The first kappa shape index (κ1) is 16.6. The second kappa shape index (κ2) is 5.73. The van der Waals surface area contributed by atoms with E-state index in [1.807, 2.05) is 18.2 Å². The third kappa shape index (κ3) is 2.24. The molecule has 0 bridgehead atoms. The van der Waals surface area contributed by atoms with Crippen molar-refractivity contribution in [3.8, 4) is 11.5 Å². The number of fused-ring (bicyclic) bond motifs is 3. The molecule has 3 aliphatic heterocycles. The number of esters is 1. The average molecular weight is 371 g/mol. The second-order valence-corrected chi connectivity index (χ2v) is 7.48. The van der Waals surface area contributed by atoms with Gasteiger partial charge in [0.05, 0.1) is 18.6 Å². The fourth-order valence-corrected chi connectivity index (χ4v) is 5.09. The molecular formula is C20H21NO6. The summed E-state index contributed by atoms with van der Waals surface area (Å²) >= 11 is 0. The topological polar surface area (TPSA) is 74.3 Å². The number of benzene rings is 1. The van der Waals surface area contributed by atoms with Gasteiger partial charge in [0.2, 0.25) is 12.6 Å². The zero-order chi connectivity index (χ0) is 18.8. The quantitative estimate of drug-likeness (QED) is 0.737. The second-order valence-electron chi connectivity index (χ2n) is 7.48. The van der Waals surface area contributed by atoms with Gasteiger partial charge in [0.15, 0.2) is 17.3 Å². The lowest BCUT2D eigenvalue weighted by Crippen LogP contribution is -2.46. The summed E-state index contributed by atoms with van der Waals surface area (Å²) in [6, 6.07) is 3.74. The van der Waals surface area contributed by atoms with Gasteiger partial charge in [-0.25, -0.2) is 0 Å². The van der Waals surface area contributed by atoms with E-state index in [-0.39, 0.29) is 18.5 Å². The highest BCUT2D eigenvalue weighted by Crippen LogP contribution is 2.55. The summed E-state index contributed by atoms with van der Waals surface area (Å²) in [5, 5.41) is 0. The van der Waals surface area contributed by atoms with Crippen molar-refractivity contribution < 1.29 is 28.5 Å². The van der Waals surface area contributed by atoms with Crippen molar-refractivity contribution >= 4 is 11.8 Å². The average Bonchev–Trinajstić information content (AvgIpc) is 3.30. The maximum atomic E-state index is 13.3. The molecule has 1 aliphatic carbocycles. The lowest BCUT2D eigenvalue weighted by molar-refractivity contribution is -0.148. The zero-order valence-electron chi connectivity index (χ0n) is 15.3. The molecule has 4 aliphatic rings. The summed E-state index contributed by atoms with van der Waals surface area (Å²) in [6.45, 7) is 2.93. The number of Topliss-reactive ketones (excluding diaryl/α,β-unsaturated/α-hetero) is 1. The third-order valence-electron chi connectivity index (χ3n) is 6.13. The van der Waals surface area contributed by atoms with E-state index < -0.39 is 17.6 Å². The van der Waals surface area contributed by atoms with Crippen LogP contribution in [0.4, 0.5) is 0 Å². The molecule has 3 atom stereocenters. The summed E-state index contributed by atoms with van der Waals surface area (Å²) in [7, 11) is 1.53. The van der Waals surface area contributed by atoms with E-state index in [1.54, 1.807) is 0 Å². The van der Waals surface area contributed by atoms with Crippen molar-refractivity contribution in [3.63, 3.8) is 0 Å². The molecule has 0 amide bonds. The van der Waals surface area contributed by atoms with Crippen LogP contribution < -0.4 is 9.47 Å². The number of hydrogen-bond donors (Lipinski definition) is 0. The predicted octanol–water partition coefficient (Wildman–Crippen LogP) is 2.06. The summed E-state index contributed by atoms with van der Waals surface area (Å²) in [4.78, 5) is 27.3. The highest BCUT2D eigenvalue weighted by atomic mass is 16.7. The zero-order valence-corrected chi connectivity index (χ0v) is 15.3. The summed E-state index contributed by atoms with van der Waals surface area (Å²) < 4.78 is 22.2. The first-order chi connectivity index (χ1) is 13.0. The van der Waals surface area contributed by atoms with Crippen molar-refractivity contribution in [1.82, 2.24) is 4.90 Å². The predicted molar refractivity (Wildman–Crippen MR) is 93.5 cm³/mol. The Morgan fingerprint density at radius 3 is 2.70 bits per heavy atom. The number of rotatable bonds is 2. The fraction of sp³-hybridized carbons (Fsp3) is 0.500. The van der Waals surface area contributed by atoms with Gasteiger partial charge in [0.25, 0.3) is 0 Å². The Morgan fingerprint density at radius 1 is 1.26 bits per heavy atom. The monoisotopic (exact) mass is 371 g/mol. The van der Waals surface area contributed by atoms with Crippen LogP contribution in [0.5, 0.6) is 11.5 Å². The molecule has 1 aromatic rings. The Balaban J connectivity index is 1.73. The minimum absolute atomic E-state index is 0.0343. The van der Waals surface area contributed by atoms with E-state index >= 15 is 0 Å². The first-order valence-electron chi connectivity index (χ1n) is 9.20. The molecule has 7 nitrogen and oxygen atoms in total. The fourth-order valence-electron chi connectivity index (χ4n) is 5.09. The number of methoxy groups -OCH3 is 1. The molecular weight excluding hydrogens is 350 g/mol. The molecule has 5 rings (SSSR count). The lowest BCUT2D eigenvalue weighted by Gasteiger charge is -2.36. The van der Waals surface area contributed by atoms with Crippen LogP contribution in [-0.4, -0.2) is 49.2 Å². The maximum absolute atomic E-state index is 13.3. The number of nitrogens with zero attached hydrogens (tertiary/aromatic N) is 1. The van der Waals surface area contributed by atoms with Crippen LogP contribution in [0.3, 0.4) is 0 Å². The van der Waals surface area contributed by atoms with Crippen LogP contribution >= 0.6 is 0 Å². The van der Waals surface area contributed by atoms with Crippen molar-refractivity contribution in [2.24, 2.45) is 0 Å². The van der Waals surface area contributed by atoms with Crippen molar-refractivity contribution in [3.05, 3.63) is 35.1 Å². The third-order valence-corrected chi connectivity index (χ3v) is 6.13. The maximum Gasteiger partial charge on any atom is 0.303 e. The highest BCUT2D eigenvalue weighted by Gasteiger charge is 2.58. The summed E-state index contributed by atoms with van der Waals surface area (Å²) in [6.07, 6.45) is 3.35. The Kier molecular flexibility index (Phi) is 3.53. The first-order valence-corrected chi connectivity index (χ1v) is 9.20. The Hall–Kier alpha value is -2.54. The number of carbonyl (C=O) groups is 2.